The van der Waals surface area contributed by atoms with Crippen molar-refractivity contribution in [2.24, 2.45) is 11.1 Å². The van der Waals surface area contributed by atoms with Gasteiger partial charge < -0.3 is 5.73 Å². The maximum absolute atomic E-state index is 6.27. The molecule has 1 aromatic heterocycles. The van der Waals surface area contributed by atoms with Crippen LogP contribution in [0.1, 0.15) is 57.0 Å². The topological polar surface area (TPSA) is 29.3 Å². The molecular formula is C16H28N2S. The molecule has 0 aromatic carbocycles. The highest BCUT2D eigenvalue weighted by molar-refractivity contribution is 7.10. The van der Waals surface area contributed by atoms with Crippen LogP contribution in [0, 0.1) is 5.41 Å². The Hall–Kier alpha value is -0.380. The van der Waals surface area contributed by atoms with Gasteiger partial charge in [-0.3, -0.25) is 4.90 Å². The highest BCUT2D eigenvalue weighted by Crippen LogP contribution is 2.33. The Balaban J connectivity index is 1.85. The van der Waals surface area contributed by atoms with E-state index in [4.69, 9.17) is 5.73 Å². The van der Waals surface area contributed by atoms with Gasteiger partial charge in [-0.2, -0.15) is 0 Å². The predicted octanol–water partition coefficient (Wildman–Crippen LogP) is 3.82. The van der Waals surface area contributed by atoms with E-state index in [0.29, 0.717) is 17.5 Å². The highest BCUT2D eigenvalue weighted by atomic mass is 32.1. The molecule has 19 heavy (non-hydrogen) atoms. The molecule has 2 nitrogen and oxygen atoms in total. The summed E-state index contributed by atoms with van der Waals surface area (Å²) in [6, 6.07) is 3.19. The van der Waals surface area contributed by atoms with Gasteiger partial charge in [0.25, 0.3) is 0 Å². The number of fused-ring (bicyclic) bond motifs is 1. The molecule has 2 rings (SSSR count). The van der Waals surface area contributed by atoms with Crippen LogP contribution in [0.3, 0.4) is 0 Å². The summed E-state index contributed by atoms with van der Waals surface area (Å²) in [6.45, 7) is 11.5. The molecule has 2 atom stereocenters. The van der Waals surface area contributed by atoms with Crippen molar-refractivity contribution >= 4 is 11.3 Å². The lowest BCUT2D eigenvalue weighted by Crippen LogP contribution is -2.37. The van der Waals surface area contributed by atoms with Crippen LogP contribution in [-0.2, 0) is 6.42 Å². The van der Waals surface area contributed by atoms with Crippen LogP contribution in [0.4, 0.5) is 0 Å². The number of nitrogens with two attached hydrogens (primary N) is 1. The standard InChI is InChI=1S/C16H28N2S/c1-12-14-7-10-19-15(14)6-9-18(12)8-5-13(17)11-16(2,3)4/h7,10,12-13H,5-6,8-9,11,17H2,1-4H3. The van der Waals surface area contributed by atoms with Crippen molar-refractivity contribution in [2.75, 3.05) is 13.1 Å². The lowest BCUT2D eigenvalue weighted by Gasteiger charge is -2.34. The third-order valence-electron chi connectivity index (χ3n) is 4.07. The smallest absolute Gasteiger partial charge is 0.0331 e. The minimum atomic E-state index is 0.330. The zero-order valence-corrected chi connectivity index (χ0v) is 13.6. The van der Waals surface area contributed by atoms with Crippen molar-refractivity contribution in [2.45, 2.75) is 59.0 Å². The minimum absolute atomic E-state index is 0.330. The summed E-state index contributed by atoms with van der Waals surface area (Å²) in [7, 11) is 0. The van der Waals surface area contributed by atoms with E-state index in [-0.39, 0.29) is 0 Å². The molecule has 0 bridgehead atoms. The van der Waals surface area contributed by atoms with Crippen LogP contribution in [0.2, 0.25) is 0 Å². The fourth-order valence-corrected chi connectivity index (χ4v) is 4.05. The summed E-state index contributed by atoms with van der Waals surface area (Å²) in [6.07, 6.45) is 3.44. The number of rotatable bonds is 4. The Kier molecular flexibility index (Phi) is 4.70. The van der Waals surface area contributed by atoms with Gasteiger partial charge >= 0.3 is 0 Å². The fourth-order valence-electron chi connectivity index (χ4n) is 3.09. The van der Waals surface area contributed by atoms with Gasteiger partial charge in [0.05, 0.1) is 0 Å². The molecule has 0 amide bonds. The molecule has 1 aromatic rings. The normalized spacial score (nSPS) is 22.3. The van der Waals surface area contributed by atoms with E-state index < -0.39 is 0 Å². The van der Waals surface area contributed by atoms with Crippen LogP contribution in [-0.4, -0.2) is 24.0 Å². The molecule has 1 aliphatic rings. The summed E-state index contributed by atoms with van der Waals surface area (Å²) in [5.74, 6) is 0. The Morgan fingerprint density at radius 2 is 2.21 bits per heavy atom. The fraction of sp³-hybridized carbons (Fsp3) is 0.750. The molecule has 2 N–H and O–H groups in total. The zero-order chi connectivity index (χ0) is 14.0. The van der Waals surface area contributed by atoms with Gasteiger partial charge in [-0.1, -0.05) is 20.8 Å². The molecule has 1 aliphatic heterocycles. The molecule has 3 heteroatoms. The molecule has 0 spiro atoms. The molecular weight excluding hydrogens is 252 g/mol. The van der Waals surface area contributed by atoms with Gasteiger partial charge in [-0.25, -0.2) is 0 Å². The predicted molar refractivity (Wildman–Crippen MR) is 84.7 cm³/mol. The summed E-state index contributed by atoms with van der Waals surface area (Å²) in [5, 5.41) is 2.23. The molecule has 108 valence electrons. The Bertz CT molecular complexity index is 405. The summed E-state index contributed by atoms with van der Waals surface area (Å²) in [5.41, 5.74) is 8.16. The molecule has 0 radical (unpaired) electrons. The Morgan fingerprint density at radius 3 is 2.89 bits per heavy atom. The second-order valence-electron chi connectivity index (χ2n) is 7.07. The largest absolute Gasteiger partial charge is 0.328 e. The average molecular weight is 280 g/mol. The maximum Gasteiger partial charge on any atom is 0.0331 e. The zero-order valence-electron chi connectivity index (χ0n) is 12.8. The molecule has 0 saturated carbocycles. The average Bonchev–Trinajstić information content (AvgIpc) is 2.74. The lowest BCUT2D eigenvalue weighted by atomic mass is 9.87. The first-order valence-corrected chi connectivity index (χ1v) is 8.31. The van der Waals surface area contributed by atoms with Gasteiger partial charge in [0, 0.05) is 30.1 Å². The molecule has 0 saturated heterocycles. The molecule has 0 fully saturated rings. The van der Waals surface area contributed by atoms with Crippen molar-refractivity contribution in [1.82, 2.24) is 4.90 Å². The first-order chi connectivity index (χ1) is 8.87. The van der Waals surface area contributed by atoms with Crippen molar-refractivity contribution < 1.29 is 0 Å². The Labute approximate surface area is 122 Å². The third-order valence-corrected chi connectivity index (χ3v) is 5.06. The van der Waals surface area contributed by atoms with E-state index in [0.717, 1.165) is 19.4 Å². The van der Waals surface area contributed by atoms with Gasteiger partial charge in [-0.15, -0.1) is 11.3 Å². The second kappa shape index (κ2) is 5.94. The number of thiophene rings is 1. The van der Waals surface area contributed by atoms with E-state index in [9.17, 15) is 0 Å². The van der Waals surface area contributed by atoms with Crippen LogP contribution in [0.15, 0.2) is 11.4 Å². The van der Waals surface area contributed by atoms with Gasteiger partial charge in [0.1, 0.15) is 0 Å². The first kappa shape index (κ1) is 15.0. The van der Waals surface area contributed by atoms with E-state index in [1.54, 1.807) is 10.4 Å². The first-order valence-electron chi connectivity index (χ1n) is 7.43. The third kappa shape index (κ3) is 4.04. The highest BCUT2D eigenvalue weighted by Gasteiger charge is 2.25. The number of hydrogen-bond acceptors (Lipinski definition) is 3. The van der Waals surface area contributed by atoms with Crippen LogP contribution < -0.4 is 5.73 Å². The monoisotopic (exact) mass is 280 g/mol. The summed E-state index contributed by atoms with van der Waals surface area (Å²) >= 11 is 1.91. The SMILES string of the molecule is CC1c2ccsc2CCN1CCC(N)CC(C)(C)C. The summed E-state index contributed by atoms with van der Waals surface area (Å²) < 4.78 is 0. The molecule has 2 unspecified atom stereocenters. The van der Waals surface area contributed by atoms with Crippen molar-refractivity contribution in [3.8, 4) is 0 Å². The van der Waals surface area contributed by atoms with E-state index in [1.807, 2.05) is 11.3 Å². The second-order valence-corrected chi connectivity index (χ2v) is 8.08. The number of hydrogen-bond donors (Lipinski definition) is 1. The maximum atomic E-state index is 6.27. The van der Waals surface area contributed by atoms with Gasteiger partial charge in [-0.05, 0) is 48.6 Å². The van der Waals surface area contributed by atoms with Crippen molar-refractivity contribution in [3.05, 3.63) is 21.9 Å². The lowest BCUT2D eigenvalue weighted by molar-refractivity contribution is 0.187. The van der Waals surface area contributed by atoms with Crippen LogP contribution in [0.25, 0.3) is 0 Å². The van der Waals surface area contributed by atoms with Crippen LogP contribution in [0.5, 0.6) is 0 Å². The van der Waals surface area contributed by atoms with Gasteiger partial charge in [0.15, 0.2) is 0 Å². The van der Waals surface area contributed by atoms with Crippen molar-refractivity contribution in [1.29, 1.82) is 0 Å². The van der Waals surface area contributed by atoms with E-state index in [1.165, 1.54) is 13.0 Å². The van der Waals surface area contributed by atoms with Gasteiger partial charge in [0.2, 0.25) is 0 Å². The van der Waals surface area contributed by atoms with E-state index in [2.05, 4.69) is 44.0 Å². The van der Waals surface area contributed by atoms with Crippen molar-refractivity contribution in [3.63, 3.8) is 0 Å². The summed E-state index contributed by atoms with van der Waals surface area (Å²) in [4.78, 5) is 4.18. The quantitative estimate of drug-likeness (QED) is 0.908. The minimum Gasteiger partial charge on any atom is -0.328 e. The van der Waals surface area contributed by atoms with E-state index >= 15 is 0 Å². The molecule has 0 aliphatic carbocycles. The number of nitrogens with zero attached hydrogens (tertiary/aromatic N) is 1. The Morgan fingerprint density at radius 1 is 1.47 bits per heavy atom. The molecule has 2 heterocycles. The van der Waals surface area contributed by atoms with Crippen LogP contribution >= 0.6 is 11.3 Å².